The van der Waals surface area contributed by atoms with Crippen LogP contribution in [0.1, 0.15) is 5.56 Å². The van der Waals surface area contributed by atoms with Gasteiger partial charge in [0.1, 0.15) is 0 Å². The molecule has 0 bridgehead atoms. The Labute approximate surface area is 110 Å². The first kappa shape index (κ1) is 12.2. The van der Waals surface area contributed by atoms with Crippen LogP contribution < -0.4 is 51.4 Å². The van der Waals surface area contributed by atoms with Gasteiger partial charge in [0, 0.05) is 0 Å². The number of rotatable bonds is 2. The average Bonchev–Trinajstić information content (AvgIpc) is 2.12. The standard InChI is InChI=1S/C5H5BF3S.K/c7-6(8,9)3-5-1-2-10-4-5;/h1-2,4H,3H2;/q-1;+1. The summed E-state index contributed by atoms with van der Waals surface area (Å²) in [4.78, 5) is 0. The quantitative estimate of drug-likeness (QED) is 0.579. The van der Waals surface area contributed by atoms with Gasteiger partial charge >= 0.3 is 58.4 Å². The van der Waals surface area contributed by atoms with E-state index in [4.69, 9.17) is 0 Å². The molecule has 11 heavy (non-hydrogen) atoms. The molecule has 0 aliphatic rings. The molecule has 0 saturated carbocycles. The zero-order valence-electron chi connectivity index (χ0n) is 6.06. The fourth-order valence-corrected chi connectivity index (χ4v) is 1.36. The predicted octanol–water partition coefficient (Wildman–Crippen LogP) is -0.319. The molecule has 0 fully saturated rings. The Bertz CT molecular complexity index is 196. The van der Waals surface area contributed by atoms with Crippen LogP contribution in [0.4, 0.5) is 12.9 Å². The summed E-state index contributed by atoms with van der Waals surface area (Å²) in [5, 5.41) is 3.17. The van der Waals surface area contributed by atoms with E-state index < -0.39 is 13.3 Å². The molecule has 0 radical (unpaired) electrons. The van der Waals surface area contributed by atoms with Crippen LogP contribution in [0.3, 0.4) is 0 Å². The van der Waals surface area contributed by atoms with Crippen molar-refractivity contribution in [3.05, 3.63) is 22.4 Å². The molecule has 0 saturated heterocycles. The summed E-state index contributed by atoms with van der Waals surface area (Å²) in [6.07, 6.45) is -0.747. The molecule has 0 aliphatic carbocycles. The SMILES string of the molecule is F[B-](F)(F)Cc1ccsc1.[K+]. The second kappa shape index (κ2) is 5.04. The topological polar surface area (TPSA) is 0 Å². The van der Waals surface area contributed by atoms with Gasteiger partial charge < -0.3 is 12.9 Å². The summed E-state index contributed by atoms with van der Waals surface area (Å²) in [5.74, 6) is 0. The summed E-state index contributed by atoms with van der Waals surface area (Å²) in [6, 6.07) is 1.50. The first-order chi connectivity index (χ1) is 4.58. The maximum atomic E-state index is 11.7. The molecule has 1 aromatic heterocycles. The first-order valence-electron chi connectivity index (χ1n) is 2.80. The van der Waals surface area contributed by atoms with Crippen molar-refractivity contribution >= 4 is 18.3 Å². The molecule has 6 heteroatoms. The van der Waals surface area contributed by atoms with E-state index in [1.165, 1.54) is 22.8 Å². The molecule has 56 valence electrons. The van der Waals surface area contributed by atoms with Gasteiger partial charge in [-0.05, 0) is 10.8 Å². The summed E-state index contributed by atoms with van der Waals surface area (Å²) in [6.45, 7) is -4.65. The van der Waals surface area contributed by atoms with E-state index in [9.17, 15) is 12.9 Å². The van der Waals surface area contributed by atoms with Crippen molar-refractivity contribution in [2.45, 2.75) is 6.32 Å². The predicted molar refractivity (Wildman–Crippen MR) is 37.1 cm³/mol. The molecule has 0 spiro atoms. The van der Waals surface area contributed by atoms with Crippen molar-refractivity contribution in [1.82, 2.24) is 0 Å². The van der Waals surface area contributed by atoms with E-state index in [1.807, 2.05) is 0 Å². The Kier molecular flexibility index (Phi) is 5.58. The molecule has 0 unspecified atom stereocenters. The first-order valence-corrected chi connectivity index (χ1v) is 3.74. The second-order valence-electron chi connectivity index (χ2n) is 2.05. The zero-order chi connectivity index (χ0) is 7.61. The number of halogens is 3. The third-order valence-electron chi connectivity index (χ3n) is 1.05. The van der Waals surface area contributed by atoms with Crippen molar-refractivity contribution in [1.29, 1.82) is 0 Å². The summed E-state index contributed by atoms with van der Waals surface area (Å²) >= 11 is 1.29. The van der Waals surface area contributed by atoms with E-state index in [2.05, 4.69) is 0 Å². The molecule has 0 amide bonds. The monoisotopic (exact) mass is 204 g/mol. The largest absolute Gasteiger partial charge is 1.00 e. The van der Waals surface area contributed by atoms with E-state index in [-0.39, 0.29) is 51.4 Å². The van der Waals surface area contributed by atoms with Gasteiger partial charge in [-0.1, -0.05) is 17.9 Å². The van der Waals surface area contributed by atoms with Gasteiger partial charge in [0.2, 0.25) is 0 Å². The van der Waals surface area contributed by atoms with Crippen LogP contribution in [-0.2, 0) is 6.32 Å². The zero-order valence-corrected chi connectivity index (χ0v) is 10.00. The van der Waals surface area contributed by atoms with E-state index >= 15 is 0 Å². The minimum Gasteiger partial charge on any atom is -0.449 e. The van der Waals surface area contributed by atoms with Crippen molar-refractivity contribution in [2.24, 2.45) is 0 Å². The fraction of sp³-hybridized carbons (Fsp3) is 0.200. The molecule has 0 atom stereocenters. The van der Waals surface area contributed by atoms with Crippen molar-refractivity contribution < 1.29 is 64.3 Å². The van der Waals surface area contributed by atoms with Crippen LogP contribution in [0.25, 0.3) is 0 Å². The summed E-state index contributed by atoms with van der Waals surface area (Å²) < 4.78 is 35.1. The van der Waals surface area contributed by atoms with Gasteiger partial charge in [-0.15, -0.1) is 0 Å². The van der Waals surface area contributed by atoms with Crippen molar-refractivity contribution in [2.75, 3.05) is 0 Å². The molecular weight excluding hydrogens is 199 g/mol. The normalized spacial score (nSPS) is 10.8. The van der Waals surface area contributed by atoms with E-state index in [0.717, 1.165) is 0 Å². The number of hydrogen-bond donors (Lipinski definition) is 0. The number of thiophene rings is 1. The molecule has 1 rings (SSSR count). The van der Waals surface area contributed by atoms with Gasteiger partial charge in [0.25, 0.3) is 0 Å². The van der Waals surface area contributed by atoms with Crippen LogP contribution in [-0.4, -0.2) is 6.98 Å². The molecule has 0 nitrogen and oxygen atoms in total. The molecular formula is C5H5BF3KS. The van der Waals surface area contributed by atoms with Crippen LogP contribution in [0.2, 0.25) is 0 Å². The van der Waals surface area contributed by atoms with Crippen molar-refractivity contribution in [3.8, 4) is 0 Å². The van der Waals surface area contributed by atoms with E-state index in [1.54, 1.807) is 5.38 Å². The van der Waals surface area contributed by atoms with Crippen LogP contribution in [0, 0.1) is 0 Å². The minimum absolute atomic E-state index is 0. The Morgan fingerprint density at radius 3 is 2.36 bits per heavy atom. The maximum absolute atomic E-state index is 11.7. The Morgan fingerprint density at radius 2 is 2.00 bits per heavy atom. The van der Waals surface area contributed by atoms with Gasteiger partial charge in [-0.2, -0.15) is 11.3 Å². The summed E-state index contributed by atoms with van der Waals surface area (Å²) in [7, 11) is 0. The van der Waals surface area contributed by atoms with Gasteiger partial charge in [-0.25, -0.2) is 0 Å². The van der Waals surface area contributed by atoms with Crippen LogP contribution >= 0.6 is 11.3 Å². The smallest absolute Gasteiger partial charge is 0.449 e. The van der Waals surface area contributed by atoms with Crippen molar-refractivity contribution in [3.63, 3.8) is 0 Å². The average molecular weight is 204 g/mol. The van der Waals surface area contributed by atoms with Gasteiger partial charge in [0.05, 0.1) is 0 Å². The molecule has 0 aliphatic heterocycles. The minimum atomic E-state index is -4.65. The molecule has 1 heterocycles. The molecule has 0 aromatic carbocycles. The van der Waals surface area contributed by atoms with Gasteiger partial charge in [-0.3, -0.25) is 0 Å². The molecule has 1 aromatic rings. The van der Waals surface area contributed by atoms with E-state index in [0.29, 0.717) is 5.56 Å². The third kappa shape index (κ3) is 5.43. The summed E-state index contributed by atoms with van der Waals surface area (Å²) in [5.41, 5.74) is 0.373. The van der Waals surface area contributed by atoms with Crippen LogP contribution in [0.15, 0.2) is 16.8 Å². The maximum Gasteiger partial charge on any atom is 1.00 e. The molecule has 0 N–H and O–H groups in total. The van der Waals surface area contributed by atoms with Crippen LogP contribution in [0.5, 0.6) is 0 Å². The Morgan fingerprint density at radius 1 is 1.36 bits per heavy atom. The fourth-order valence-electron chi connectivity index (χ4n) is 0.676. The Hall–Kier alpha value is 1.19. The van der Waals surface area contributed by atoms with Gasteiger partial charge in [0.15, 0.2) is 0 Å². The Balaban J connectivity index is 0.000001000. The second-order valence-corrected chi connectivity index (χ2v) is 2.83. The number of hydrogen-bond acceptors (Lipinski definition) is 1. The third-order valence-corrected chi connectivity index (χ3v) is 1.78.